The van der Waals surface area contributed by atoms with E-state index >= 15 is 0 Å². The van der Waals surface area contributed by atoms with Crippen molar-refractivity contribution in [2.24, 2.45) is 0 Å². The fourth-order valence-electron chi connectivity index (χ4n) is 3.39. The Kier molecular flexibility index (Phi) is 5.57. The quantitative estimate of drug-likeness (QED) is 0.720. The number of benzene rings is 1. The number of hydrogen-bond donors (Lipinski definition) is 1. The molecular weight excluding hydrogens is 370 g/mol. The van der Waals surface area contributed by atoms with Gasteiger partial charge in [0.2, 0.25) is 0 Å². The van der Waals surface area contributed by atoms with Crippen LogP contribution in [0.15, 0.2) is 53.5 Å². The molecule has 7 nitrogen and oxygen atoms in total. The van der Waals surface area contributed by atoms with E-state index in [1.54, 1.807) is 43.3 Å². The third-order valence-electron chi connectivity index (χ3n) is 4.99. The van der Waals surface area contributed by atoms with E-state index in [0.717, 1.165) is 25.1 Å². The van der Waals surface area contributed by atoms with Crippen LogP contribution >= 0.6 is 0 Å². The number of pyridine rings is 1. The highest BCUT2D eigenvalue weighted by atomic mass is 16.5. The number of aromatic nitrogens is 2. The molecule has 1 fully saturated rings. The maximum atomic E-state index is 12.7. The summed E-state index contributed by atoms with van der Waals surface area (Å²) >= 11 is 0. The first-order chi connectivity index (χ1) is 14.1. The van der Waals surface area contributed by atoms with Gasteiger partial charge in [-0.2, -0.15) is 0 Å². The number of nitrogens with zero attached hydrogens (tertiary/aromatic N) is 2. The van der Waals surface area contributed by atoms with Crippen LogP contribution in [0.5, 0.6) is 5.75 Å². The number of aryl methyl sites for hydroxylation is 1. The summed E-state index contributed by atoms with van der Waals surface area (Å²) in [7, 11) is 0. The normalized spacial score (nSPS) is 16.5. The first kappa shape index (κ1) is 19.1. The fourth-order valence-corrected chi connectivity index (χ4v) is 3.39. The summed E-state index contributed by atoms with van der Waals surface area (Å²) in [5.41, 5.74) is 1.41. The number of ether oxygens (including phenoxy) is 2. The van der Waals surface area contributed by atoms with Gasteiger partial charge in [0.15, 0.2) is 0 Å². The van der Waals surface area contributed by atoms with Gasteiger partial charge in [-0.25, -0.2) is 4.98 Å². The molecule has 150 valence electrons. The summed E-state index contributed by atoms with van der Waals surface area (Å²) in [6, 6.07) is 12.4. The summed E-state index contributed by atoms with van der Waals surface area (Å²) < 4.78 is 12.9. The number of hydrogen-bond acceptors (Lipinski definition) is 5. The van der Waals surface area contributed by atoms with Crippen molar-refractivity contribution in [3.05, 3.63) is 70.3 Å². The highest BCUT2D eigenvalue weighted by Gasteiger charge is 2.16. The molecule has 1 N–H and O–H groups in total. The van der Waals surface area contributed by atoms with E-state index in [1.807, 2.05) is 6.07 Å². The van der Waals surface area contributed by atoms with Crippen molar-refractivity contribution >= 4 is 17.2 Å². The monoisotopic (exact) mass is 393 g/mol. The molecule has 0 saturated carbocycles. The predicted molar refractivity (Wildman–Crippen MR) is 110 cm³/mol. The van der Waals surface area contributed by atoms with Gasteiger partial charge >= 0.3 is 0 Å². The second-order valence-electron chi connectivity index (χ2n) is 7.12. The van der Waals surface area contributed by atoms with E-state index in [2.05, 4.69) is 10.3 Å². The van der Waals surface area contributed by atoms with Gasteiger partial charge in [0.25, 0.3) is 11.5 Å². The Morgan fingerprint density at radius 1 is 1.24 bits per heavy atom. The van der Waals surface area contributed by atoms with Crippen LogP contribution in [-0.2, 0) is 4.74 Å². The van der Waals surface area contributed by atoms with Gasteiger partial charge in [-0.3, -0.25) is 14.0 Å². The number of carbonyl (C=O) groups excluding carboxylic acids is 1. The van der Waals surface area contributed by atoms with E-state index in [-0.39, 0.29) is 11.7 Å². The molecule has 1 atom stereocenters. The number of fused-ring (bicyclic) bond motifs is 1. The minimum Gasteiger partial charge on any atom is -0.491 e. The average Bonchev–Trinajstić information content (AvgIpc) is 2.74. The first-order valence-corrected chi connectivity index (χ1v) is 9.75. The molecule has 0 bridgehead atoms. The summed E-state index contributed by atoms with van der Waals surface area (Å²) in [5.74, 6) is 0.213. The van der Waals surface area contributed by atoms with E-state index in [1.165, 1.54) is 17.0 Å². The van der Waals surface area contributed by atoms with Crippen molar-refractivity contribution in [1.82, 2.24) is 9.38 Å². The van der Waals surface area contributed by atoms with Crippen LogP contribution in [0.1, 0.15) is 35.3 Å². The highest BCUT2D eigenvalue weighted by Crippen LogP contribution is 2.19. The summed E-state index contributed by atoms with van der Waals surface area (Å²) in [6.45, 7) is 3.11. The molecular formula is C22H23N3O4. The molecule has 3 aromatic rings. The largest absolute Gasteiger partial charge is 0.491 e. The molecule has 0 radical (unpaired) electrons. The van der Waals surface area contributed by atoms with Crippen molar-refractivity contribution in [2.45, 2.75) is 32.3 Å². The van der Waals surface area contributed by atoms with Crippen LogP contribution in [0.2, 0.25) is 0 Å². The minimum atomic E-state index is -0.496. The molecule has 3 heterocycles. The lowest BCUT2D eigenvalue weighted by Crippen LogP contribution is -2.27. The lowest BCUT2D eigenvalue weighted by Gasteiger charge is -2.22. The number of anilines is 1. The van der Waals surface area contributed by atoms with E-state index < -0.39 is 11.5 Å². The van der Waals surface area contributed by atoms with Crippen molar-refractivity contribution in [3.8, 4) is 5.75 Å². The number of carbonyl (C=O) groups is 1. The summed E-state index contributed by atoms with van der Waals surface area (Å²) in [4.78, 5) is 29.5. The Morgan fingerprint density at radius 2 is 2.07 bits per heavy atom. The molecule has 2 aromatic heterocycles. The second kappa shape index (κ2) is 8.45. The van der Waals surface area contributed by atoms with Gasteiger partial charge in [0, 0.05) is 24.2 Å². The Labute approximate surface area is 168 Å². The molecule has 7 heteroatoms. The average molecular weight is 393 g/mol. The SMILES string of the molecule is Cc1cccc2ncc(C(=O)Nc3ccc(OCC4CCCCO4)cc3)c(=O)n12. The van der Waals surface area contributed by atoms with Crippen LogP contribution in [0.4, 0.5) is 5.69 Å². The van der Waals surface area contributed by atoms with Gasteiger partial charge in [0.05, 0.1) is 6.10 Å². The summed E-state index contributed by atoms with van der Waals surface area (Å²) in [5, 5.41) is 2.74. The molecule has 0 aliphatic carbocycles. The zero-order valence-electron chi connectivity index (χ0n) is 16.3. The molecule has 1 aromatic carbocycles. The van der Waals surface area contributed by atoms with E-state index in [0.29, 0.717) is 23.7 Å². The third kappa shape index (κ3) is 4.30. The van der Waals surface area contributed by atoms with Gasteiger partial charge in [-0.15, -0.1) is 0 Å². The molecule has 0 spiro atoms. The van der Waals surface area contributed by atoms with Gasteiger partial charge in [0.1, 0.15) is 23.6 Å². The smallest absolute Gasteiger partial charge is 0.270 e. The highest BCUT2D eigenvalue weighted by molar-refractivity contribution is 6.03. The molecule has 1 amide bonds. The van der Waals surface area contributed by atoms with Gasteiger partial charge < -0.3 is 14.8 Å². The van der Waals surface area contributed by atoms with Crippen LogP contribution < -0.4 is 15.6 Å². The molecule has 1 aliphatic heterocycles. The standard InChI is InChI=1S/C22H23N3O4/c1-15-5-4-7-20-23-13-19(22(27)25(15)20)21(26)24-16-8-10-17(11-9-16)29-14-18-6-2-3-12-28-18/h4-5,7-11,13,18H,2-3,6,12,14H2,1H3,(H,24,26). The molecule has 1 aliphatic rings. The Bertz CT molecular complexity index is 1070. The summed E-state index contributed by atoms with van der Waals surface area (Å²) in [6.07, 6.45) is 4.75. The van der Waals surface area contributed by atoms with Crippen molar-refractivity contribution < 1.29 is 14.3 Å². The lowest BCUT2D eigenvalue weighted by atomic mass is 10.1. The van der Waals surface area contributed by atoms with Crippen LogP contribution in [0, 0.1) is 6.92 Å². The number of rotatable bonds is 5. The maximum Gasteiger partial charge on any atom is 0.270 e. The van der Waals surface area contributed by atoms with Gasteiger partial charge in [-0.1, -0.05) is 6.07 Å². The Balaban J connectivity index is 1.43. The van der Waals surface area contributed by atoms with Crippen molar-refractivity contribution in [3.63, 3.8) is 0 Å². The molecule has 4 rings (SSSR count). The van der Waals surface area contributed by atoms with Gasteiger partial charge in [-0.05, 0) is 62.6 Å². The van der Waals surface area contributed by atoms with Crippen molar-refractivity contribution in [2.75, 3.05) is 18.5 Å². The zero-order chi connectivity index (χ0) is 20.2. The van der Waals surface area contributed by atoms with Crippen LogP contribution in [0.25, 0.3) is 5.65 Å². The maximum absolute atomic E-state index is 12.7. The van der Waals surface area contributed by atoms with Crippen molar-refractivity contribution in [1.29, 1.82) is 0 Å². The molecule has 29 heavy (non-hydrogen) atoms. The Hall–Kier alpha value is -3.19. The fraction of sp³-hybridized carbons (Fsp3) is 0.318. The van der Waals surface area contributed by atoms with E-state index in [9.17, 15) is 9.59 Å². The Morgan fingerprint density at radius 3 is 2.83 bits per heavy atom. The van der Waals surface area contributed by atoms with Crippen LogP contribution in [0.3, 0.4) is 0 Å². The third-order valence-corrected chi connectivity index (χ3v) is 4.99. The first-order valence-electron chi connectivity index (χ1n) is 9.75. The number of nitrogens with one attached hydrogen (secondary N) is 1. The molecule has 1 saturated heterocycles. The van der Waals surface area contributed by atoms with Crippen LogP contribution in [-0.4, -0.2) is 34.6 Å². The lowest BCUT2D eigenvalue weighted by molar-refractivity contribution is -0.0110. The topological polar surface area (TPSA) is 81.9 Å². The zero-order valence-corrected chi connectivity index (χ0v) is 16.3. The van der Waals surface area contributed by atoms with E-state index in [4.69, 9.17) is 9.47 Å². The predicted octanol–water partition coefficient (Wildman–Crippen LogP) is 3.20. The second-order valence-corrected chi connectivity index (χ2v) is 7.12. The molecule has 1 unspecified atom stereocenters. The minimum absolute atomic E-state index is 0.00780. The number of amides is 1.